The fraction of sp³-hybridized carbons (Fsp3) is 1.00. The summed E-state index contributed by atoms with van der Waals surface area (Å²) in [5.41, 5.74) is -0.0224. The third-order valence-electron chi connectivity index (χ3n) is 2.94. The third kappa shape index (κ3) is 3.46. The smallest absolute Gasteiger partial charge is 0.315 e. The molecule has 0 bridgehead atoms. The van der Waals surface area contributed by atoms with Crippen LogP contribution in [-0.4, -0.2) is 25.1 Å². The zero-order valence-electron chi connectivity index (χ0n) is 8.45. The first-order chi connectivity index (χ1) is 6.35. The number of hydrogen-bond donors (Lipinski definition) is 1. The van der Waals surface area contributed by atoms with Gasteiger partial charge in [0.2, 0.25) is 0 Å². The van der Waals surface area contributed by atoms with Gasteiger partial charge in [0.15, 0.2) is 0 Å². The minimum Gasteiger partial charge on any atom is -0.315 e. The molecule has 0 radical (unpaired) electrons. The van der Waals surface area contributed by atoms with Crippen molar-refractivity contribution < 1.29 is 17.9 Å². The minimum absolute atomic E-state index is 0.0224. The molecule has 84 valence electrons. The maximum absolute atomic E-state index is 11.9. The maximum atomic E-state index is 11.9. The highest BCUT2D eigenvalue weighted by molar-refractivity contribution is 4.88. The molecular weight excluding hydrogens is 195 g/mol. The van der Waals surface area contributed by atoms with Gasteiger partial charge in [0.05, 0.1) is 6.10 Å². The van der Waals surface area contributed by atoms with Crippen molar-refractivity contribution in [3.05, 3.63) is 0 Å². The lowest BCUT2D eigenvalue weighted by molar-refractivity contribution is -0.346. The molecule has 1 N–H and O–H groups in total. The number of halogens is 3. The van der Waals surface area contributed by atoms with E-state index in [0.717, 1.165) is 12.8 Å². The number of ether oxygens (including phenoxy) is 1. The fourth-order valence-corrected chi connectivity index (χ4v) is 1.79. The number of rotatable bonds is 2. The molecule has 2 nitrogen and oxygen atoms in total. The third-order valence-corrected chi connectivity index (χ3v) is 2.94. The Balaban J connectivity index is 2.36. The molecule has 0 spiro atoms. The number of hydrogen-bond acceptors (Lipinski definition) is 2. The number of alkyl halides is 3. The van der Waals surface area contributed by atoms with Gasteiger partial charge >= 0.3 is 6.36 Å². The summed E-state index contributed by atoms with van der Waals surface area (Å²) in [7, 11) is 1.84. The van der Waals surface area contributed by atoms with Gasteiger partial charge in [0, 0.05) is 5.54 Å². The molecule has 14 heavy (non-hydrogen) atoms. The van der Waals surface area contributed by atoms with E-state index in [2.05, 4.69) is 10.1 Å². The van der Waals surface area contributed by atoms with E-state index in [1.54, 1.807) is 0 Å². The quantitative estimate of drug-likeness (QED) is 0.757. The van der Waals surface area contributed by atoms with Gasteiger partial charge in [-0.15, -0.1) is 13.2 Å². The van der Waals surface area contributed by atoms with Crippen LogP contribution in [0.4, 0.5) is 13.2 Å². The van der Waals surface area contributed by atoms with E-state index in [1.807, 2.05) is 14.0 Å². The Labute approximate surface area is 81.8 Å². The van der Waals surface area contributed by atoms with Gasteiger partial charge in [-0.2, -0.15) is 0 Å². The average molecular weight is 211 g/mol. The number of nitrogens with one attached hydrogen (secondary N) is 1. The van der Waals surface area contributed by atoms with Crippen molar-refractivity contribution in [3.63, 3.8) is 0 Å². The van der Waals surface area contributed by atoms with Gasteiger partial charge in [-0.05, 0) is 39.7 Å². The summed E-state index contributed by atoms with van der Waals surface area (Å²) >= 11 is 0. The van der Waals surface area contributed by atoms with Gasteiger partial charge < -0.3 is 5.32 Å². The molecule has 1 rings (SSSR count). The van der Waals surface area contributed by atoms with Gasteiger partial charge in [-0.3, -0.25) is 4.74 Å². The summed E-state index contributed by atoms with van der Waals surface area (Å²) in [6.07, 6.45) is -2.75. The van der Waals surface area contributed by atoms with E-state index in [4.69, 9.17) is 0 Å². The van der Waals surface area contributed by atoms with E-state index >= 15 is 0 Å². The van der Waals surface area contributed by atoms with E-state index in [-0.39, 0.29) is 5.54 Å². The van der Waals surface area contributed by atoms with Crippen LogP contribution < -0.4 is 5.32 Å². The Morgan fingerprint density at radius 2 is 1.79 bits per heavy atom. The lowest BCUT2D eigenvalue weighted by Crippen LogP contribution is -2.45. The van der Waals surface area contributed by atoms with Crippen LogP contribution >= 0.6 is 0 Å². The molecule has 0 aromatic heterocycles. The van der Waals surface area contributed by atoms with Crippen molar-refractivity contribution in [3.8, 4) is 0 Å². The van der Waals surface area contributed by atoms with E-state index in [0.29, 0.717) is 12.8 Å². The van der Waals surface area contributed by atoms with Gasteiger partial charge in [-0.25, -0.2) is 0 Å². The van der Waals surface area contributed by atoms with Crippen LogP contribution in [-0.2, 0) is 4.74 Å². The molecule has 1 saturated carbocycles. The molecular formula is C9H16F3NO. The first-order valence-corrected chi connectivity index (χ1v) is 4.78. The molecule has 5 heteroatoms. The van der Waals surface area contributed by atoms with Gasteiger partial charge in [-0.1, -0.05) is 0 Å². The van der Waals surface area contributed by atoms with Crippen molar-refractivity contribution in [1.82, 2.24) is 5.32 Å². The monoisotopic (exact) mass is 211 g/mol. The molecule has 0 aromatic carbocycles. The van der Waals surface area contributed by atoms with Gasteiger partial charge in [0.25, 0.3) is 0 Å². The van der Waals surface area contributed by atoms with Crippen LogP contribution in [0.15, 0.2) is 0 Å². The SMILES string of the molecule is CNC1(C)CCC(OC(F)(F)F)CC1. The molecule has 0 unspecified atom stereocenters. The first kappa shape index (κ1) is 11.8. The summed E-state index contributed by atoms with van der Waals surface area (Å²) < 4.78 is 39.6. The molecule has 0 saturated heterocycles. The van der Waals surface area contributed by atoms with Crippen LogP contribution in [0.5, 0.6) is 0 Å². The van der Waals surface area contributed by atoms with Crippen LogP contribution in [0.3, 0.4) is 0 Å². The highest BCUT2D eigenvalue weighted by atomic mass is 19.4. The molecule has 1 aliphatic rings. The zero-order chi connectivity index (χ0) is 10.8. The van der Waals surface area contributed by atoms with Gasteiger partial charge in [0.1, 0.15) is 0 Å². The standard InChI is InChI=1S/C9H16F3NO/c1-8(13-2)5-3-7(4-6-8)14-9(10,11)12/h7,13H,3-6H2,1-2H3. The topological polar surface area (TPSA) is 21.3 Å². The lowest BCUT2D eigenvalue weighted by Gasteiger charge is -2.37. The van der Waals surface area contributed by atoms with Crippen molar-refractivity contribution in [2.24, 2.45) is 0 Å². The van der Waals surface area contributed by atoms with E-state index < -0.39 is 12.5 Å². The van der Waals surface area contributed by atoms with Crippen LogP contribution in [0.2, 0.25) is 0 Å². The Bertz CT molecular complexity index is 185. The average Bonchev–Trinajstić information content (AvgIpc) is 2.07. The molecule has 1 aliphatic carbocycles. The molecule has 0 atom stereocenters. The molecule has 0 aliphatic heterocycles. The second kappa shape index (κ2) is 4.06. The molecule has 0 aromatic rings. The summed E-state index contributed by atoms with van der Waals surface area (Å²) in [6, 6.07) is 0. The Morgan fingerprint density at radius 3 is 2.14 bits per heavy atom. The Morgan fingerprint density at radius 1 is 1.29 bits per heavy atom. The largest absolute Gasteiger partial charge is 0.522 e. The maximum Gasteiger partial charge on any atom is 0.522 e. The van der Waals surface area contributed by atoms with E-state index in [1.165, 1.54) is 0 Å². The normalized spacial score (nSPS) is 34.5. The minimum atomic E-state index is -4.49. The zero-order valence-corrected chi connectivity index (χ0v) is 8.45. The Kier molecular flexibility index (Phi) is 3.42. The molecule has 0 heterocycles. The molecule has 0 amide bonds. The summed E-state index contributed by atoms with van der Waals surface area (Å²) in [4.78, 5) is 0. The second-order valence-corrected chi connectivity index (χ2v) is 4.07. The van der Waals surface area contributed by atoms with Crippen LogP contribution in [0, 0.1) is 0 Å². The first-order valence-electron chi connectivity index (χ1n) is 4.78. The predicted octanol–water partition coefficient (Wildman–Crippen LogP) is 2.44. The molecule has 1 fully saturated rings. The predicted molar refractivity (Wildman–Crippen MR) is 46.9 cm³/mol. The summed E-state index contributed by atoms with van der Waals surface area (Å²) in [5, 5.41) is 3.13. The van der Waals surface area contributed by atoms with Crippen molar-refractivity contribution >= 4 is 0 Å². The summed E-state index contributed by atoms with van der Waals surface area (Å²) in [5.74, 6) is 0. The fourth-order valence-electron chi connectivity index (χ4n) is 1.79. The van der Waals surface area contributed by atoms with Crippen LogP contribution in [0.1, 0.15) is 32.6 Å². The van der Waals surface area contributed by atoms with Crippen LogP contribution in [0.25, 0.3) is 0 Å². The van der Waals surface area contributed by atoms with E-state index in [9.17, 15) is 13.2 Å². The lowest BCUT2D eigenvalue weighted by atomic mass is 9.82. The second-order valence-electron chi connectivity index (χ2n) is 4.07. The van der Waals surface area contributed by atoms with Crippen molar-refractivity contribution in [2.75, 3.05) is 7.05 Å². The van der Waals surface area contributed by atoms with Crippen molar-refractivity contribution in [2.45, 2.75) is 50.6 Å². The Hall–Kier alpha value is -0.290. The highest BCUT2D eigenvalue weighted by Gasteiger charge is 2.37. The van der Waals surface area contributed by atoms with Crippen molar-refractivity contribution in [1.29, 1.82) is 0 Å². The highest BCUT2D eigenvalue weighted by Crippen LogP contribution is 2.32. The summed E-state index contributed by atoms with van der Waals surface area (Å²) in [6.45, 7) is 2.02.